The van der Waals surface area contributed by atoms with Gasteiger partial charge in [0.1, 0.15) is 5.54 Å². The Labute approximate surface area is 103 Å². The topological polar surface area (TPSA) is 83.6 Å². The number of carboxylic acid groups (broad SMARTS) is 1. The summed E-state index contributed by atoms with van der Waals surface area (Å²) in [7, 11) is 0. The highest BCUT2D eigenvalue weighted by atomic mass is 16.4. The number of carboxylic acids is 1. The van der Waals surface area contributed by atoms with E-state index < -0.39 is 11.5 Å². The second kappa shape index (κ2) is 6.59. The first-order chi connectivity index (χ1) is 7.77. The zero-order chi connectivity index (χ0) is 13.6. The minimum Gasteiger partial charge on any atom is -0.480 e. The SMILES string of the molecule is CCCC(N)CC(=O)N(CC)C(C)(C)C(=O)O. The summed E-state index contributed by atoms with van der Waals surface area (Å²) in [6, 6.07) is -0.189. The average molecular weight is 244 g/mol. The second-order valence-electron chi connectivity index (χ2n) is 4.76. The van der Waals surface area contributed by atoms with Gasteiger partial charge in [0.25, 0.3) is 0 Å². The Hall–Kier alpha value is -1.10. The molecule has 5 nitrogen and oxygen atoms in total. The molecule has 0 bridgehead atoms. The van der Waals surface area contributed by atoms with Crippen molar-refractivity contribution in [1.82, 2.24) is 4.90 Å². The molecule has 1 amide bonds. The average Bonchev–Trinajstić information content (AvgIpc) is 2.17. The van der Waals surface area contributed by atoms with E-state index in [1.807, 2.05) is 6.92 Å². The molecular formula is C12H24N2O3. The molecule has 0 spiro atoms. The maximum absolute atomic E-state index is 12.0. The van der Waals surface area contributed by atoms with Crippen molar-refractivity contribution in [3.05, 3.63) is 0 Å². The molecule has 0 aromatic heterocycles. The largest absolute Gasteiger partial charge is 0.480 e. The number of likely N-dealkylation sites (N-methyl/N-ethyl adjacent to an activating group) is 1. The van der Waals surface area contributed by atoms with Gasteiger partial charge < -0.3 is 15.7 Å². The first-order valence-electron chi connectivity index (χ1n) is 6.06. The molecule has 0 saturated heterocycles. The summed E-state index contributed by atoms with van der Waals surface area (Å²) in [5, 5.41) is 9.10. The van der Waals surface area contributed by atoms with Crippen molar-refractivity contribution in [3.8, 4) is 0 Å². The van der Waals surface area contributed by atoms with E-state index in [-0.39, 0.29) is 18.4 Å². The minimum absolute atomic E-state index is 0.189. The van der Waals surface area contributed by atoms with Crippen LogP contribution in [0.25, 0.3) is 0 Å². The van der Waals surface area contributed by atoms with E-state index in [0.717, 1.165) is 12.8 Å². The third-order valence-corrected chi connectivity index (χ3v) is 2.91. The second-order valence-corrected chi connectivity index (χ2v) is 4.76. The van der Waals surface area contributed by atoms with Crippen molar-refractivity contribution in [3.63, 3.8) is 0 Å². The molecule has 100 valence electrons. The third kappa shape index (κ3) is 4.34. The summed E-state index contributed by atoms with van der Waals surface area (Å²) in [6.07, 6.45) is 1.90. The predicted octanol–water partition coefficient (Wildman–Crippen LogP) is 1.22. The van der Waals surface area contributed by atoms with Crippen LogP contribution in [-0.4, -0.2) is 40.0 Å². The Morgan fingerprint density at radius 3 is 2.24 bits per heavy atom. The van der Waals surface area contributed by atoms with Gasteiger partial charge in [-0.15, -0.1) is 0 Å². The number of aliphatic carboxylic acids is 1. The van der Waals surface area contributed by atoms with Gasteiger partial charge in [-0.3, -0.25) is 4.79 Å². The number of nitrogens with two attached hydrogens (primary N) is 1. The quantitative estimate of drug-likeness (QED) is 0.705. The van der Waals surface area contributed by atoms with Crippen LogP contribution in [0.3, 0.4) is 0 Å². The van der Waals surface area contributed by atoms with Gasteiger partial charge in [0.15, 0.2) is 0 Å². The molecule has 0 aromatic rings. The van der Waals surface area contributed by atoms with Crippen molar-refractivity contribution in [2.45, 2.75) is 58.5 Å². The fraction of sp³-hybridized carbons (Fsp3) is 0.833. The number of carbonyl (C=O) groups is 2. The molecule has 0 aliphatic rings. The smallest absolute Gasteiger partial charge is 0.329 e. The Bertz CT molecular complexity index is 277. The molecule has 0 heterocycles. The third-order valence-electron chi connectivity index (χ3n) is 2.91. The van der Waals surface area contributed by atoms with E-state index in [1.165, 1.54) is 18.7 Å². The van der Waals surface area contributed by atoms with Gasteiger partial charge in [-0.05, 0) is 27.2 Å². The lowest BCUT2D eigenvalue weighted by Gasteiger charge is -2.34. The molecule has 0 rings (SSSR count). The summed E-state index contributed by atoms with van der Waals surface area (Å²) < 4.78 is 0. The van der Waals surface area contributed by atoms with E-state index in [0.29, 0.717) is 6.54 Å². The van der Waals surface area contributed by atoms with Crippen molar-refractivity contribution >= 4 is 11.9 Å². The van der Waals surface area contributed by atoms with E-state index >= 15 is 0 Å². The zero-order valence-electron chi connectivity index (χ0n) is 11.2. The number of nitrogens with zero attached hydrogens (tertiary/aromatic N) is 1. The monoisotopic (exact) mass is 244 g/mol. The fourth-order valence-electron chi connectivity index (χ4n) is 1.81. The maximum atomic E-state index is 12.0. The lowest BCUT2D eigenvalue weighted by molar-refractivity contribution is -0.156. The number of hydrogen-bond donors (Lipinski definition) is 2. The molecule has 5 heteroatoms. The molecule has 0 saturated carbocycles. The first kappa shape index (κ1) is 15.9. The van der Waals surface area contributed by atoms with Gasteiger partial charge in [0.05, 0.1) is 0 Å². The van der Waals surface area contributed by atoms with Gasteiger partial charge in [0.2, 0.25) is 5.91 Å². The lowest BCUT2D eigenvalue weighted by Crippen LogP contribution is -2.53. The van der Waals surface area contributed by atoms with Gasteiger partial charge in [-0.25, -0.2) is 4.79 Å². The van der Waals surface area contributed by atoms with Crippen LogP contribution in [0, 0.1) is 0 Å². The summed E-state index contributed by atoms with van der Waals surface area (Å²) in [4.78, 5) is 24.5. The van der Waals surface area contributed by atoms with Crippen LogP contribution in [0.5, 0.6) is 0 Å². The summed E-state index contributed by atoms with van der Waals surface area (Å²) >= 11 is 0. The van der Waals surface area contributed by atoms with Gasteiger partial charge in [-0.1, -0.05) is 13.3 Å². The fourth-order valence-corrected chi connectivity index (χ4v) is 1.81. The summed E-state index contributed by atoms with van der Waals surface area (Å²) in [5.74, 6) is -1.20. The molecule has 0 aromatic carbocycles. The highest BCUT2D eigenvalue weighted by molar-refractivity contribution is 5.86. The van der Waals surface area contributed by atoms with E-state index in [9.17, 15) is 9.59 Å². The van der Waals surface area contributed by atoms with E-state index in [2.05, 4.69) is 0 Å². The molecule has 0 aliphatic carbocycles. The van der Waals surface area contributed by atoms with Crippen LogP contribution < -0.4 is 5.73 Å². The highest BCUT2D eigenvalue weighted by Crippen LogP contribution is 2.16. The summed E-state index contributed by atoms with van der Waals surface area (Å²) in [6.45, 7) is 7.21. The van der Waals surface area contributed by atoms with Crippen molar-refractivity contribution < 1.29 is 14.7 Å². The lowest BCUT2D eigenvalue weighted by atomic mass is 10.0. The molecule has 0 fully saturated rings. The van der Waals surface area contributed by atoms with Crippen LogP contribution in [-0.2, 0) is 9.59 Å². The summed E-state index contributed by atoms with van der Waals surface area (Å²) in [5.41, 5.74) is 4.62. The van der Waals surface area contributed by atoms with Gasteiger partial charge in [0, 0.05) is 19.0 Å². The van der Waals surface area contributed by atoms with Crippen LogP contribution in [0.2, 0.25) is 0 Å². The first-order valence-corrected chi connectivity index (χ1v) is 6.06. The number of rotatable bonds is 7. The minimum atomic E-state index is -1.18. The molecule has 3 N–H and O–H groups in total. The van der Waals surface area contributed by atoms with Crippen LogP contribution in [0.4, 0.5) is 0 Å². The van der Waals surface area contributed by atoms with Crippen LogP contribution >= 0.6 is 0 Å². The molecule has 0 radical (unpaired) electrons. The Balaban J connectivity index is 4.67. The Morgan fingerprint density at radius 1 is 1.35 bits per heavy atom. The number of amides is 1. The van der Waals surface area contributed by atoms with Gasteiger partial charge in [-0.2, -0.15) is 0 Å². The Morgan fingerprint density at radius 2 is 1.88 bits per heavy atom. The zero-order valence-corrected chi connectivity index (χ0v) is 11.2. The molecule has 1 unspecified atom stereocenters. The maximum Gasteiger partial charge on any atom is 0.329 e. The predicted molar refractivity (Wildman–Crippen MR) is 66.6 cm³/mol. The number of hydrogen-bond acceptors (Lipinski definition) is 3. The van der Waals surface area contributed by atoms with Gasteiger partial charge >= 0.3 is 5.97 Å². The molecule has 17 heavy (non-hydrogen) atoms. The standard InChI is InChI=1S/C12H24N2O3/c1-5-7-9(13)8-10(15)14(6-2)12(3,4)11(16)17/h9H,5-8,13H2,1-4H3,(H,16,17). The van der Waals surface area contributed by atoms with E-state index in [1.54, 1.807) is 6.92 Å². The molecule has 0 aliphatic heterocycles. The van der Waals surface area contributed by atoms with Crippen molar-refractivity contribution in [2.24, 2.45) is 5.73 Å². The normalized spacial score (nSPS) is 13.2. The van der Waals surface area contributed by atoms with Crippen LogP contribution in [0.15, 0.2) is 0 Å². The van der Waals surface area contributed by atoms with Crippen LogP contribution in [0.1, 0.15) is 47.0 Å². The molecule has 1 atom stereocenters. The highest BCUT2D eigenvalue weighted by Gasteiger charge is 2.36. The number of carbonyl (C=O) groups excluding carboxylic acids is 1. The van der Waals surface area contributed by atoms with Crippen molar-refractivity contribution in [1.29, 1.82) is 0 Å². The molecular weight excluding hydrogens is 220 g/mol. The van der Waals surface area contributed by atoms with E-state index in [4.69, 9.17) is 10.8 Å². The van der Waals surface area contributed by atoms with Crippen molar-refractivity contribution in [2.75, 3.05) is 6.54 Å². The Kier molecular flexibility index (Phi) is 6.16.